The van der Waals surface area contributed by atoms with Crippen LogP contribution >= 0.6 is 0 Å². The largest absolute Gasteiger partial charge is 0.384 e. The molecule has 0 aliphatic rings. The monoisotopic (exact) mass is 334 g/mol. The number of anilines is 1. The lowest BCUT2D eigenvalue weighted by atomic mass is 9.96. The van der Waals surface area contributed by atoms with Gasteiger partial charge >= 0.3 is 6.03 Å². The van der Waals surface area contributed by atoms with Crippen molar-refractivity contribution in [2.45, 2.75) is 38.8 Å². The van der Waals surface area contributed by atoms with Crippen LogP contribution in [0.2, 0.25) is 0 Å². The van der Waals surface area contributed by atoms with E-state index in [-0.39, 0.29) is 17.9 Å². The average Bonchev–Trinajstić information content (AvgIpc) is 2.94. The zero-order valence-electron chi connectivity index (χ0n) is 14.3. The van der Waals surface area contributed by atoms with Crippen molar-refractivity contribution in [2.75, 3.05) is 11.9 Å². The van der Waals surface area contributed by atoms with Gasteiger partial charge in [-0.25, -0.2) is 9.18 Å². The Bertz CT molecular complexity index is 702. The summed E-state index contributed by atoms with van der Waals surface area (Å²) in [6.45, 7) is 7.55. The van der Waals surface area contributed by atoms with E-state index in [9.17, 15) is 14.3 Å². The van der Waals surface area contributed by atoms with E-state index in [1.54, 1.807) is 24.0 Å². The van der Waals surface area contributed by atoms with Gasteiger partial charge in [0, 0.05) is 6.20 Å². The molecule has 0 saturated heterocycles. The molecule has 0 saturated carbocycles. The van der Waals surface area contributed by atoms with Gasteiger partial charge in [-0.2, -0.15) is 5.10 Å². The number of hydrogen-bond acceptors (Lipinski definition) is 3. The number of nitrogens with one attached hydrogen (secondary N) is 2. The van der Waals surface area contributed by atoms with Crippen LogP contribution in [0.4, 0.5) is 14.9 Å². The van der Waals surface area contributed by atoms with Crippen LogP contribution in [0.25, 0.3) is 0 Å². The Morgan fingerprint density at radius 2 is 1.88 bits per heavy atom. The third kappa shape index (κ3) is 4.55. The Kier molecular flexibility index (Phi) is 4.94. The Hall–Kier alpha value is -2.41. The van der Waals surface area contributed by atoms with Crippen molar-refractivity contribution in [1.29, 1.82) is 0 Å². The van der Waals surface area contributed by atoms with E-state index in [1.165, 1.54) is 24.3 Å². The molecule has 2 aromatic rings. The minimum absolute atomic E-state index is 0.0160. The Morgan fingerprint density at radius 1 is 1.25 bits per heavy atom. The molecule has 1 atom stereocenters. The molecule has 1 unspecified atom stereocenters. The van der Waals surface area contributed by atoms with Crippen LogP contribution in [0, 0.1) is 5.82 Å². The van der Waals surface area contributed by atoms with E-state index in [0.717, 1.165) is 0 Å². The van der Waals surface area contributed by atoms with E-state index >= 15 is 0 Å². The maximum Gasteiger partial charge on any atom is 0.319 e. The van der Waals surface area contributed by atoms with E-state index in [1.807, 2.05) is 20.8 Å². The van der Waals surface area contributed by atoms with E-state index in [2.05, 4.69) is 15.7 Å². The first-order valence-electron chi connectivity index (χ1n) is 7.66. The molecule has 2 amide bonds. The number of benzene rings is 1. The van der Waals surface area contributed by atoms with Gasteiger partial charge in [-0.05, 0) is 45.4 Å². The zero-order valence-corrected chi connectivity index (χ0v) is 14.3. The number of amides is 2. The van der Waals surface area contributed by atoms with Crippen molar-refractivity contribution in [3.05, 3.63) is 48.0 Å². The molecule has 1 aromatic carbocycles. The first-order valence-corrected chi connectivity index (χ1v) is 7.66. The van der Waals surface area contributed by atoms with Gasteiger partial charge < -0.3 is 15.7 Å². The van der Waals surface area contributed by atoms with Crippen LogP contribution in [0.1, 0.15) is 33.3 Å². The molecule has 130 valence electrons. The third-order valence-electron chi connectivity index (χ3n) is 3.59. The quantitative estimate of drug-likeness (QED) is 0.804. The van der Waals surface area contributed by atoms with Gasteiger partial charge in [0.25, 0.3) is 0 Å². The lowest BCUT2D eigenvalue weighted by Gasteiger charge is -2.24. The highest BCUT2D eigenvalue weighted by Crippen LogP contribution is 2.20. The molecule has 0 radical (unpaired) electrons. The molecular weight excluding hydrogens is 311 g/mol. The van der Waals surface area contributed by atoms with Crippen LogP contribution in [0.15, 0.2) is 36.7 Å². The zero-order chi connectivity index (χ0) is 18.0. The van der Waals surface area contributed by atoms with Crippen LogP contribution < -0.4 is 10.6 Å². The summed E-state index contributed by atoms with van der Waals surface area (Å²) >= 11 is 0. The van der Waals surface area contributed by atoms with Crippen molar-refractivity contribution in [3.8, 4) is 0 Å². The number of urea groups is 1. The fraction of sp³-hybridized carbons (Fsp3) is 0.412. The first kappa shape index (κ1) is 17.9. The number of aromatic nitrogens is 2. The van der Waals surface area contributed by atoms with E-state index in [0.29, 0.717) is 11.3 Å². The SMILES string of the molecule is CC(O)(CNC(=O)Nc1cnn(C(C)(C)C)c1)c1ccc(F)cc1. The molecule has 6 nitrogen and oxygen atoms in total. The van der Waals surface area contributed by atoms with Crippen molar-refractivity contribution < 1.29 is 14.3 Å². The molecule has 0 fully saturated rings. The Balaban J connectivity index is 1.93. The van der Waals surface area contributed by atoms with Crippen molar-refractivity contribution in [3.63, 3.8) is 0 Å². The summed E-state index contributed by atoms with van der Waals surface area (Å²) in [6.07, 6.45) is 3.29. The maximum absolute atomic E-state index is 12.9. The number of nitrogens with zero attached hydrogens (tertiary/aromatic N) is 2. The molecule has 7 heteroatoms. The summed E-state index contributed by atoms with van der Waals surface area (Å²) in [5.74, 6) is -0.379. The van der Waals surface area contributed by atoms with Gasteiger partial charge in [0.1, 0.15) is 11.4 Å². The number of hydrogen-bond donors (Lipinski definition) is 3. The normalized spacial score (nSPS) is 14.1. The van der Waals surface area contributed by atoms with Crippen LogP contribution in [-0.2, 0) is 11.1 Å². The Labute approximate surface area is 140 Å². The second-order valence-electron chi connectivity index (χ2n) is 6.93. The number of halogens is 1. The first-order chi connectivity index (χ1) is 11.1. The number of carbonyl (C=O) groups excluding carboxylic acids is 1. The average molecular weight is 334 g/mol. The van der Waals surface area contributed by atoms with Crippen molar-refractivity contribution >= 4 is 11.7 Å². The topological polar surface area (TPSA) is 79.2 Å². The lowest BCUT2D eigenvalue weighted by molar-refractivity contribution is 0.0599. The molecule has 0 aliphatic carbocycles. The fourth-order valence-corrected chi connectivity index (χ4v) is 2.09. The summed E-state index contributed by atoms with van der Waals surface area (Å²) in [7, 11) is 0. The molecular formula is C17H23FN4O2. The predicted molar refractivity (Wildman–Crippen MR) is 90.2 cm³/mol. The molecule has 3 N–H and O–H groups in total. The second-order valence-corrected chi connectivity index (χ2v) is 6.93. The molecule has 24 heavy (non-hydrogen) atoms. The highest BCUT2D eigenvalue weighted by Gasteiger charge is 2.24. The Morgan fingerprint density at radius 3 is 2.42 bits per heavy atom. The smallest absolute Gasteiger partial charge is 0.319 e. The summed E-state index contributed by atoms with van der Waals surface area (Å²) in [5.41, 5.74) is -0.405. The third-order valence-corrected chi connectivity index (χ3v) is 3.59. The van der Waals surface area contributed by atoms with Gasteiger partial charge in [-0.15, -0.1) is 0 Å². The molecule has 0 bridgehead atoms. The van der Waals surface area contributed by atoms with Gasteiger partial charge in [-0.3, -0.25) is 4.68 Å². The summed E-state index contributed by atoms with van der Waals surface area (Å²) < 4.78 is 14.7. The van der Waals surface area contributed by atoms with Gasteiger partial charge in [-0.1, -0.05) is 12.1 Å². The molecule has 2 rings (SSSR count). The minimum Gasteiger partial charge on any atom is -0.384 e. The number of carbonyl (C=O) groups is 1. The molecule has 0 aliphatic heterocycles. The molecule has 1 heterocycles. The van der Waals surface area contributed by atoms with E-state index < -0.39 is 11.6 Å². The summed E-state index contributed by atoms with van der Waals surface area (Å²) in [4.78, 5) is 12.0. The minimum atomic E-state index is -1.30. The summed E-state index contributed by atoms with van der Waals surface area (Å²) in [5, 5.41) is 19.9. The lowest BCUT2D eigenvalue weighted by Crippen LogP contribution is -2.40. The standard InChI is InChI=1S/C17H23FN4O2/c1-16(2,3)22-10-14(9-20-22)21-15(23)19-11-17(4,24)12-5-7-13(18)8-6-12/h5-10,24H,11H2,1-4H3,(H2,19,21,23). The predicted octanol–water partition coefficient (Wildman–Crippen LogP) is 2.81. The van der Waals surface area contributed by atoms with Gasteiger partial charge in [0.2, 0.25) is 0 Å². The summed E-state index contributed by atoms with van der Waals surface area (Å²) in [6, 6.07) is 5.06. The number of rotatable bonds is 4. The highest BCUT2D eigenvalue weighted by molar-refractivity contribution is 5.88. The number of aliphatic hydroxyl groups is 1. The van der Waals surface area contributed by atoms with Crippen molar-refractivity contribution in [1.82, 2.24) is 15.1 Å². The fourth-order valence-electron chi connectivity index (χ4n) is 2.09. The van der Waals surface area contributed by atoms with Gasteiger partial charge in [0.15, 0.2) is 0 Å². The maximum atomic E-state index is 12.9. The van der Waals surface area contributed by atoms with Crippen LogP contribution in [0.3, 0.4) is 0 Å². The molecule has 0 spiro atoms. The molecule has 1 aromatic heterocycles. The van der Waals surface area contributed by atoms with Crippen LogP contribution in [-0.4, -0.2) is 27.5 Å². The van der Waals surface area contributed by atoms with E-state index in [4.69, 9.17) is 0 Å². The van der Waals surface area contributed by atoms with Crippen molar-refractivity contribution in [2.24, 2.45) is 0 Å². The highest BCUT2D eigenvalue weighted by atomic mass is 19.1. The van der Waals surface area contributed by atoms with Crippen LogP contribution in [0.5, 0.6) is 0 Å². The second kappa shape index (κ2) is 6.60. The van der Waals surface area contributed by atoms with Gasteiger partial charge in [0.05, 0.1) is 24.0 Å².